The van der Waals surface area contributed by atoms with E-state index in [0.717, 1.165) is 0 Å². The van der Waals surface area contributed by atoms with Crippen LogP contribution in [0, 0.1) is 5.92 Å². The van der Waals surface area contributed by atoms with E-state index in [9.17, 15) is 4.79 Å². The van der Waals surface area contributed by atoms with Crippen molar-refractivity contribution in [1.82, 2.24) is 10.6 Å². The molecule has 0 saturated heterocycles. The van der Waals surface area contributed by atoms with Crippen molar-refractivity contribution in [2.45, 2.75) is 58.2 Å². The molecule has 1 aliphatic rings. The predicted octanol–water partition coefficient (Wildman–Crippen LogP) is 3.70. The first-order valence-electron chi connectivity index (χ1n) is 7.61. The molecule has 0 aliphatic heterocycles. The minimum absolute atomic E-state index is 0.314. The van der Waals surface area contributed by atoms with E-state index in [0.29, 0.717) is 24.5 Å². The standard InChI is InChI=1S/C16H26N2O2S/c1-11(14-6-5-9-21-14)18-13(12-7-8-12)10-17-15(19)20-16(2,3)4/h5-6,9,11-13,18H,7-8,10H2,1-4H3,(H,17,19). The third-order valence-corrected chi connectivity index (χ3v) is 4.55. The summed E-state index contributed by atoms with van der Waals surface area (Å²) in [6, 6.07) is 4.85. The second kappa shape index (κ2) is 6.79. The lowest BCUT2D eigenvalue weighted by atomic mass is 10.1. The van der Waals surface area contributed by atoms with E-state index in [1.807, 2.05) is 20.8 Å². The molecule has 1 aliphatic carbocycles. The summed E-state index contributed by atoms with van der Waals surface area (Å²) in [5.41, 5.74) is -0.448. The zero-order chi connectivity index (χ0) is 15.5. The van der Waals surface area contributed by atoms with Gasteiger partial charge in [0.2, 0.25) is 0 Å². The summed E-state index contributed by atoms with van der Waals surface area (Å²) in [4.78, 5) is 13.1. The zero-order valence-electron chi connectivity index (χ0n) is 13.3. The van der Waals surface area contributed by atoms with E-state index in [1.54, 1.807) is 11.3 Å². The van der Waals surface area contributed by atoms with Crippen molar-refractivity contribution in [1.29, 1.82) is 0 Å². The first-order chi connectivity index (χ1) is 9.85. The SMILES string of the molecule is CC(NC(CNC(=O)OC(C)(C)C)C1CC1)c1cccs1. The van der Waals surface area contributed by atoms with Gasteiger partial charge >= 0.3 is 6.09 Å². The highest BCUT2D eigenvalue weighted by Gasteiger charge is 2.32. The molecule has 2 atom stereocenters. The first-order valence-corrected chi connectivity index (χ1v) is 8.49. The molecule has 1 heterocycles. The lowest BCUT2D eigenvalue weighted by Gasteiger charge is -2.25. The van der Waals surface area contributed by atoms with Crippen molar-refractivity contribution in [2.24, 2.45) is 5.92 Å². The van der Waals surface area contributed by atoms with E-state index in [2.05, 4.69) is 35.1 Å². The number of amides is 1. The molecule has 0 spiro atoms. The van der Waals surface area contributed by atoms with Gasteiger partial charge in [0.15, 0.2) is 0 Å². The largest absolute Gasteiger partial charge is 0.444 e. The number of rotatable bonds is 6. The Balaban J connectivity index is 1.81. The number of hydrogen-bond donors (Lipinski definition) is 2. The average molecular weight is 310 g/mol. The predicted molar refractivity (Wildman–Crippen MR) is 86.6 cm³/mol. The Morgan fingerprint density at radius 3 is 2.71 bits per heavy atom. The molecule has 2 unspecified atom stereocenters. The van der Waals surface area contributed by atoms with Crippen LogP contribution in [0.25, 0.3) is 0 Å². The molecule has 1 saturated carbocycles. The molecule has 0 bridgehead atoms. The molecule has 118 valence electrons. The molecule has 21 heavy (non-hydrogen) atoms. The van der Waals surface area contributed by atoms with Gasteiger partial charge < -0.3 is 15.4 Å². The fourth-order valence-corrected chi connectivity index (χ4v) is 3.05. The third-order valence-electron chi connectivity index (χ3n) is 3.49. The number of carbonyl (C=O) groups is 1. The van der Waals surface area contributed by atoms with Crippen molar-refractivity contribution >= 4 is 17.4 Å². The highest BCUT2D eigenvalue weighted by Crippen LogP contribution is 2.34. The molecule has 2 N–H and O–H groups in total. The van der Waals surface area contributed by atoms with E-state index in [1.165, 1.54) is 17.7 Å². The molecule has 1 aromatic rings. The van der Waals surface area contributed by atoms with Crippen LogP contribution in [0.3, 0.4) is 0 Å². The number of hydrogen-bond acceptors (Lipinski definition) is 4. The number of carbonyl (C=O) groups excluding carboxylic acids is 1. The van der Waals surface area contributed by atoms with Crippen LogP contribution in [0.4, 0.5) is 4.79 Å². The molecule has 0 aromatic carbocycles. The van der Waals surface area contributed by atoms with Gasteiger partial charge in [-0.15, -0.1) is 11.3 Å². The van der Waals surface area contributed by atoms with Crippen molar-refractivity contribution in [3.63, 3.8) is 0 Å². The number of alkyl carbamates (subject to hydrolysis) is 1. The van der Waals surface area contributed by atoms with Crippen LogP contribution in [-0.2, 0) is 4.74 Å². The third kappa shape index (κ3) is 5.67. The first kappa shape index (κ1) is 16.3. The molecule has 1 aromatic heterocycles. The Labute approximate surface area is 131 Å². The summed E-state index contributed by atoms with van der Waals surface area (Å²) >= 11 is 1.76. The molecule has 1 fully saturated rings. The molecule has 5 heteroatoms. The van der Waals surface area contributed by atoms with Gasteiger partial charge in [-0.1, -0.05) is 6.07 Å². The number of thiophene rings is 1. The number of nitrogens with one attached hydrogen (secondary N) is 2. The smallest absolute Gasteiger partial charge is 0.407 e. The van der Waals surface area contributed by atoms with Gasteiger partial charge in [0.25, 0.3) is 0 Å². The van der Waals surface area contributed by atoms with Gasteiger partial charge in [0, 0.05) is 23.5 Å². The molecule has 4 nitrogen and oxygen atoms in total. The maximum Gasteiger partial charge on any atom is 0.407 e. The van der Waals surface area contributed by atoms with Gasteiger partial charge in [-0.3, -0.25) is 0 Å². The van der Waals surface area contributed by atoms with Gasteiger partial charge in [0.1, 0.15) is 5.60 Å². The molecular weight excluding hydrogens is 284 g/mol. The summed E-state index contributed by atoms with van der Waals surface area (Å²) < 4.78 is 5.29. The summed E-state index contributed by atoms with van der Waals surface area (Å²) in [6.45, 7) is 8.43. The highest BCUT2D eigenvalue weighted by molar-refractivity contribution is 7.10. The minimum Gasteiger partial charge on any atom is -0.444 e. The Hall–Kier alpha value is -1.07. The van der Waals surface area contributed by atoms with Crippen LogP contribution in [0.15, 0.2) is 17.5 Å². The van der Waals surface area contributed by atoms with E-state index in [4.69, 9.17) is 4.74 Å². The van der Waals surface area contributed by atoms with Crippen molar-refractivity contribution < 1.29 is 9.53 Å². The van der Waals surface area contributed by atoms with Crippen LogP contribution < -0.4 is 10.6 Å². The Morgan fingerprint density at radius 1 is 1.48 bits per heavy atom. The maximum absolute atomic E-state index is 11.8. The molecule has 1 amide bonds. The normalized spacial score (nSPS) is 18.1. The van der Waals surface area contributed by atoms with Gasteiger partial charge in [-0.05, 0) is 57.9 Å². The quantitative estimate of drug-likeness (QED) is 0.842. The highest BCUT2D eigenvalue weighted by atomic mass is 32.1. The fraction of sp³-hybridized carbons (Fsp3) is 0.688. The van der Waals surface area contributed by atoms with Gasteiger partial charge in [-0.25, -0.2) is 4.79 Å². The number of ether oxygens (including phenoxy) is 1. The lowest BCUT2D eigenvalue weighted by Crippen LogP contribution is -2.44. The van der Waals surface area contributed by atoms with Crippen LogP contribution in [0.5, 0.6) is 0 Å². The average Bonchev–Trinajstić information content (AvgIpc) is 3.06. The molecule has 0 radical (unpaired) electrons. The summed E-state index contributed by atoms with van der Waals surface area (Å²) in [5, 5.41) is 8.63. The van der Waals surface area contributed by atoms with Crippen LogP contribution in [0.2, 0.25) is 0 Å². The summed E-state index contributed by atoms with van der Waals surface area (Å²) in [7, 11) is 0. The van der Waals surface area contributed by atoms with Crippen molar-refractivity contribution in [3.8, 4) is 0 Å². The maximum atomic E-state index is 11.8. The van der Waals surface area contributed by atoms with E-state index >= 15 is 0 Å². The van der Waals surface area contributed by atoms with E-state index < -0.39 is 5.60 Å². The monoisotopic (exact) mass is 310 g/mol. The second-order valence-electron chi connectivity index (χ2n) is 6.73. The Bertz CT molecular complexity index is 449. The van der Waals surface area contributed by atoms with Crippen molar-refractivity contribution in [3.05, 3.63) is 22.4 Å². The minimum atomic E-state index is -0.448. The summed E-state index contributed by atoms with van der Waals surface area (Å²) in [6.07, 6.45) is 2.15. The fourth-order valence-electron chi connectivity index (χ4n) is 2.31. The van der Waals surface area contributed by atoms with Crippen LogP contribution in [-0.4, -0.2) is 24.3 Å². The van der Waals surface area contributed by atoms with Gasteiger partial charge in [0.05, 0.1) is 0 Å². The topological polar surface area (TPSA) is 50.4 Å². The van der Waals surface area contributed by atoms with Crippen molar-refractivity contribution in [2.75, 3.05) is 6.54 Å². The lowest BCUT2D eigenvalue weighted by molar-refractivity contribution is 0.0520. The van der Waals surface area contributed by atoms with Crippen LogP contribution >= 0.6 is 11.3 Å². The zero-order valence-corrected chi connectivity index (χ0v) is 14.1. The second-order valence-corrected chi connectivity index (χ2v) is 7.71. The van der Waals surface area contributed by atoms with Crippen LogP contribution in [0.1, 0.15) is 51.5 Å². The van der Waals surface area contributed by atoms with Gasteiger partial charge in [-0.2, -0.15) is 0 Å². The summed E-state index contributed by atoms with van der Waals surface area (Å²) in [5.74, 6) is 0.669. The molecular formula is C16H26N2O2S. The molecule has 2 rings (SSSR count). The Morgan fingerprint density at radius 2 is 2.19 bits per heavy atom. The van der Waals surface area contributed by atoms with E-state index in [-0.39, 0.29) is 6.09 Å². The Kier molecular flexibility index (Phi) is 5.27.